The van der Waals surface area contributed by atoms with E-state index in [4.69, 9.17) is 17.3 Å². The number of hydrogen-bond acceptors (Lipinski definition) is 5. The summed E-state index contributed by atoms with van der Waals surface area (Å²) in [5.74, 6) is 5.84. The zero-order valence-electron chi connectivity index (χ0n) is 23.1. The molecule has 5 rings (SSSR count). The maximum atomic E-state index is 14.0. The number of halogens is 4. The van der Waals surface area contributed by atoms with Gasteiger partial charge in [0.15, 0.2) is 0 Å². The Labute approximate surface area is 247 Å². The quantitative estimate of drug-likeness (QED) is 0.277. The summed E-state index contributed by atoms with van der Waals surface area (Å²) in [5, 5.41) is 4.62. The van der Waals surface area contributed by atoms with Crippen LogP contribution in [0, 0.1) is 18.8 Å². The van der Waals surface area contributed by atoms with Gasteiger partial charge in [0, 0.05) is 71.5 Å². The van der Waals surface area contributed by atoms with E-state index in [-0.39, 0.29) is 29.2 Å². The normalized spacial score (nSPS) is 14.4. The highest BCUT2D eigenvalue weighted by Gasteiger charge is 2.34. The van der Waals surface area contributed by atoms with Crippen LogP contribution in [0.3, 0.4) is 0 Å². The Morgan fingerprint density at radius 1 is 1.05 bits per heavy atom. The number of aromatic nitrogens is 1. The number of nitrogens with zero attached hydrogens (tertiary/aromatic N) is 3. The third-order valence-corrected chi connectivity index (χ3v) is 7.73. The zero-order chi connectivity index (χ0) is 30.0. The lowest BCUT2D eigenvalue weighted by Gasteiger charge is -2.33. The summed E-state index contributed by atoms with van der Waals surface area (Å²) in [6.45, 7) is 5.05. The number of hydrogen-bond donors (Lipinski definition) is 2. The predicted octanol–water partition coefficient (Wildman–Crippen LogP) is 6.20. The molecule has 0 spiro atoms. The number of fused-ring (bicyclic) bond motifs is 1. The minimum Gasteiger partial charge on any atom is -0.383 e. The largest absolute Gasteiger partial charge is 0.416 e. The van der Waals surface area contributed by atoms with Crippen LogP contribution in [0.25, 0.3) is 10.8 Å². The second kappa shape index (κ2) is 12.0. The Hall–Kier alpha value is -4.10. The molecule has 0 radical (unpaired) electrons. The summed E-state index contributed by atoms with van der Waals surface area (Å²) in [6, 6.07) is 14.3. The molecule has 3 aromatic carbocycles. The van der Waals surface area contributed by atoms with Gasteiger partial charge in [0.25, 0.3) is 5.91 Å². The number of carbonyl (C=O) groups excluding carboxylic acids is 1. The molecule has 42 heavy (non-hydrogen) atoms. The molecular formula is C32H29ClF3N5O. The van der Waals surface area contributed by atoms with Crippen LogP contribution in [0.1, 0.15) is 38.2 Å². The highest BCUT2D eigenvalue weighted by Crippen LogP contribution is 2.35. The number of piperazine rings is 1. The van der Waals surface area contributed by atoms with Crippen LogP contribution in [0.15, 0.2) is 60.8 Å². The molecule has 0 bridgehead atoms. The fourth-order valence-corrected chi connectivity index (χ4v) is 5.11. The summed E-state index contributed by atoms with van der Waals surface area (Å²) >= 11 is 6.30. The third kappa shape index (κ3) is 6.52. The molecule has 1 aromatic heterocycles. The fraction of sp³-hybridized carbons (Fsp3) is 0.250. The minimum atomic E-state index is -4.56. The molecule has 1 aliphatic rings. The second-order valence-electron chi connectivity index (χ2n) is 10.4. The molecule has 3 N–H and O–H groups in total. The van der Waals surface area contributed by atoms with E-state index in [1.54, 1.807) is 36.5 Å². The first kappa shape index (κ1) is 29.4. The Morgan fingerprint density at radius 3 is 2.55 bits per heavy atom. The van der Waals surface area contributed by atoms with E-state index in [9.17, 15) is 18.0 Å². The van der Waals surface area contributed by atoms with Crippen LogP contribution >= 0.6 is 11.6 Å². The molecule has 1 aliphatic heterocycles. The van der Waals surface area contributed by atoms with E-state index >= 15 is 0 Å². The lowest BCUT2D eigenvalue weighted by molar-refractivity contribution is -0.138. The van der Waals surface area contributed by atoms with Gasteiger partial charge in [0.05, 0.1) is 11.1 Å². The number of carbonyl (C=O) groups is 1. The van der Waals surface area contributed by atoms with Gasteiger partial charge in [-0.3, -0.25) is 9.69 Å². The van der Waals surface area contributed by atoms with Crippen molar-refractivity contribution in [3.8, 4) is 11.8 Å². The topological polar surface area (TPSA) is 74.5 Å². The summed E-state index contributed by atoms with van der Waals surface area (Å²) in [6.07, 6.45) is -2.96. The maximum absolute atomic E-state index is 14.0. The number of amides is 1. The molecule has 216 valence electrons. The number of aryl methyl sites for hydroxylation is 1. The van der Waals surface area contributed by atoms with Gasteiger partial charge in [-0.15, -0.1) is 0 Å². The molecule has 0 aliphatic carbocycles. The van der Waals surface area contributed by atoms with Crippen molar-refractivity contribution >= 4 is 39.8 Å². The van der Waals surface area contributed by atoms with Gasteiger partial charge in [-0.05, 0) is 55.4 Å². The Balaban J connectivity index is 1.39. The first-order valence-electron chi connectivity index (χ1n) is 13.4. The van der Waals surface area contributed by atoms with E-state index in [2.05, 4.69) is 27.0 Å². The van der Waals surface area contributed by atoms with Gasteiger partial charge >= 0.3 is 6.18 Å². The Morgan fingerprint density at radius 2 is 1.81 bits per heavy atom. The van der Waals surface area contributed by atoms with Crippen LogP contribution < -0.4 is 11.1 Å². The Kier molecular flexibility index (Phi) is 8.41. The van der Waals surface area contributed by atoms with Gasteiger partial charge in [-0.25, -0.2) is 4.98 Å². The smallest absolute Gasteiger partial charge is 0.383 e. The van der Waals surface area contributed by atoms with Gasteiger partial charge in [-0.1, -0.05) is 47.7 Å². The molecule has 0 atom stereocenters. The third-order valence-electron chi connectivity index (χ3n) is 7.40. The fourth-order valence-electron chi connectivity index (χ4n) is 4.89. The number of likely N-dealkylation sites (N-methyl/N-ethyl adjacent to an activating group) is 1. The molecule has 1 fully saturated rings. The van der Waals surface area contributed by atoms with Crippen LogP contribution in [0.2, 0.25) is 5.02 Å². The lowest BCUT2D eigenvalue weighted by Crippen LogP contribution is -2.44. The number of nitrogens with one attached hydrogen (secondary N) is 1. The van der Waals surface area contributed by atoms with Gasteiger partial charge < -0.3 is 16.0 Å². The number of anilines is 2. The molecule has 0 unspecified atom stereocenters. The number of nitrogen functional groups attached to an aromatic ring is 1. The molecule has 1 saturated heterocycles. The van der Waals surface area contributed by atoms with Crippen LogP contribution in [-0.2, 0) is 12.7 Å². The molecular weight excluding hydrogens is 563 g/mol. The van der Waals surface area contributed by atoms with E-state index in [1.165, 1.54) is 12.1 Å². The summed E-state index contributed by atoms with van der Waals surface area (Å²) in [7, 11) is 1.99. The lowest BCUT2D eigenvalue weighted by atomic mass is 10.0. The first-order valence-corrected chi connectivity index (χ1v) is 13.7. The van der Waals surface area contributed by atoms with Crippen molar-refractivity contribution in [3.05, 3.63) is 99.2 Å². The highest BCUT2D eigenvalue weighted by atomic mass is 35.5. The molecule has 4 aromatic rings. The number of rotatable bonds is 4. The average molecular weight is 592 g/mol. The summed E-state index contributed by atoms with van der Waals surface area (Å²) in [4.78, 5) is 21.5. The standard InChI is InChI=1S/C32H29ClF3N5O/c1-20-6-7-22(16-21(20)9-11-26-25-4-3-5-29(33)27(25)18-38-30(26)37)31(42)39-24-10-8-23(28(17-24)32(34,35)36)19-41-14-12-40(2)13-15-41/h3-8,10,16-18H,12-15,19H2,1-2H3,(H2,37,38)(H,39,42). The summed E-state index contributed by atoms with van der Waals surface area (Å²) < 4.78 is 42.0. The van der Waals surface area contributed by atoms with Crippen molar-refractivity contribution in [2.75, 3.05) is 44.3 Å². The van der Waals surface area contributed by atoms with Crippen LogP contribution in [-0.4, -0.2) is 53.9 Å². The zero-order valence-corrected chi connectivity index (χ0v) is 23.9. The molecule has 2 heterocycles. The first-order chi connectivity index (χ1) is 20.0. The maximum Gasteiger partial charge on any atom is 0.416 e. The number of pyridine rings is 1. The van der Waals surface area contributed by atoms with Gasteiger partial charge in [-0.2, -0.15) is 13.2 Å². The van der Waals surface area contributed by atoms with Crippen LogP contribution in [0.4, 0.5) is 24.7 Å². The van der Waals surface area contributed by atoms with Crippen molar-refractivity contribution in [1.29, 1.82) is 0 Å². The predicted molar refractivity (Wildman–Crippen MR) is 160 cm³/mol. The van der Waals surface area contributed by atoms with Crippen molar-refractivity contribution in [3.63, 3.8) is 0 Å². The van der Waals surface area contributed by atoms with Crippen molar-refractivity contribution < 1.29 is 18.0 Å². The molecule has 1 amide bonds. The SMILES string of the molecule is Cc1ccc(C(=O)Nc2ccc(CN3CCN(C)CC3)c(C(F)(F)F)c2)cc1C#Cc1c(N)ncc2c(Cl)cccc12. The summed E-state index contributed by atoms with van der Waals surface area (Å²) in [5.41, 5.74) is 7.76. The van der Waals surface area contributed by atoms with Crippen molar-refractivity contribution in [1.82, 2.24) is 14.8 Å². The highest BCUT2D eigenvalue weighted by molar-refractivity contribution is 6.35. The van der Waals surface area contributed by atoms with Crippen molar-refractivity contribution in [2.45, 2.75) is 19.6 Å². The van der Waals surface area contributed by atoms with Gasteiger partial charge in [0.1, 0.15) is 5.82 Å². The molecule has 6 nitrogen and oxygen atoms in total. The number of nitrogens with two attached hydrogens (primary N) is 1. The van der Waals surface area contributed by atoms with E-state index in [0.717, 1.165) is 35.5 Å². The second-order valence-corrected chi connectivity index (χ2v) is 10.8. The van der Waals surface area contributed by atoms with Gasteiger partial charge in [0.2, 0.25) is 0 Å². The van der Waals surface area contributed by atoms with E-state index < -0.39 is 17.6 Å². The number of benzene rings is 3. The minimum absolute atomic E-state index is 0.0640. The van der Waals surface area contributed by atoms with Crippen LogP contribution in [0.5, 0.6) is 0 Å². The monoisotopic (exact) mass is 591 g/mol. The number of alkyl halides is 3. The molecule has 10 heteroatoms. The van der Waals surface area contributed by atoms with Crippen molar-refractivity contribution in [2.24, 2.45) is 0 Å². The van der Waals surface area contributed by atoms with E-state index in [1.807, 2.05) is 24.9 Å². The average Bonchev–Trinajstić information content (AvgIpc) is 2.95. The molecule has 0 saturated carbocycles. The Bertz CT molecular complexity index is 1720. The van der Waals surface area contributed by atoms with E-state index in [0.29, 0.717) is 29.2 Å².